The van der Waals surface area contributed by atoms with E-state index in [9.17, 15) is 10.1 Å². The van der Waals surface area contributed by atoms with Crippen LogP contribution in [0.1, 0.15) is 18.2 Å². The molecule has 23 heavy (non-hydrogen) atoms. The highest BCUT2D eigenvalue weighted by molar-refractivity contribution is 5.72. The summed E-state index contributed by atoms with van der Waals surface area (Å²) in [6.45, 7) is 3.91. The molecule has 1 heterocycles. The summed E-state index contributed by atoms with van der Waals surface area (Å²) in [5, 5.41) is 17.9. The molecule has 1 aromatic carbocycles. The van der Waals surface area contributed by atoms with Crippen LogP contribution in [-0.4, -0.2) is 18.2 Å². The Morgan fingerprint density at radius 1 is 1.17 bits per heavy atom. The van der Waals surface area contributed by atoms with Crippen LogP contribution in [0.3, 0.4) is 0 Å². The Hall–Kier alpha value is -3.25. The fraction of sp³-hybridized carbons (Fsp3) is 0.235. The van der Waals surface area contributed by atoms with E-state index in [1.807, 2.05) is 19.1 Å². The maximum absolute atomic E-state index is 11.9. The molecule has 0 radical (unpaired) electrons. The first-order valence-corrected chi connectivity index (χ1v) is 7.01. The van der Waals surface area contributed by atoms with E-state index in [0.717, 1.165) is 0 Å². The minimum atomic E-state index is -0.426. The summed E-state index contributed by atoms with van der Waals surface area (Å²) in [6, 6.07) is 10.7. The third kappa shape index (κ3) is 3.50. The van der Waals surface area contributed by atoms with E-state index in [1.54, 1.807) is 31.2 Å². The van der Waals surface area contributed by atoms with Crippen molar-refractivity contribution >= 4 is 0 Å². The lowest BCUT2D eigenvalue weighted by Gasteiger charge is -2.12. The van der Waals surface area contributed by atoms with Gasteiger partial charge in [-0.15, -0.1) is 0 Å². The lowest BCUT2D eigenvalue weighted by atomic mass is 10.0. The molecule has 6 nitrogen and oxygen atoms in total. The number of hydrogen-bond donors (Lipinski definition) is 1. The van der Waals surface area contributed by atoms with Crippen molar-refractivity contribution in [3.05, 3.63) is 45.9 Å². The summed E-state index contributed by atoms with van der Waals surface area (Å²) in [7, 11) is 0. The Bertz CT molecular complexity index is 857. The second-order valence-corrected chi connectivity index (χ2v) is 4.72. The molecule has 0 bridgehead atoms. The maximum atomic E-state index is 11.9. The van der Waals surface area contributed by atoms with Crippen molar-refractivity contribution in [2.45, 2.75) is 13.8 Å². The molecular weight excluding hydrogens is 294 g/mol. The minimum Gasteiger partial charge on any atom is -0.490 e. The lowest BCUT2D eigenvalue weighted by molar-refractivity contribution is 0.299. The van der Waals surface area contributed by atoms with Gasteiger partial charge in [0.2, 0.25) is 0 Å². The van der Waals surface area contributed by atoms with Crippen LogP contribution in [0.15, 0.2) is 29.1 Å². The van der Waals surface area contributed by atoms with Gasteiger partial charge in [0.15, 0.2) is 18.1 Å². The molecule has 1 N–H and O–H groups in total. The number of nitrogens with one attached hydrogen (secondary N) is 1. The summed E-state index contributed by atoms with van der Waals surface area (Å²) in [5.41, 5.74) is 1.48. The first kappa shape index (κ1) is 16.1. The number of nitrogens with zero attached hydrogens (tertiary/aromatic N) is 2. The number of H-pyrrole nitrogens is 1. The molecule has 0 fully saturated rings. The van der Waals surface area contributed by atoms with Gasteiger partial charge in [0.25, 0.3) is 5.56 Å². The molecule has 0 aliphatic heterocycles. The molecular formula is C17H15N3O3. The van der Waals surface area contributed by atoms with Crippen LogP contribution in [0, 0.1) is 29.6 Å². The van der Waals surface area contributed by atoms with E-state index in [4.69, 9.17) is 14.7 Å². The number of hydrogen-bond acceptors (Lipinski definition) is 5. The van der Waals surface area contributed by atoms with Crippen LogP contribution in [0.5, 0.6) is 11.5 Å². The van der Waals surface area contributed by atoms with Gasteiger partial charge in [-0.25, -0.2) is 0 Å². The average molecular weight is 309 g/mol. The number of pyridine rings is 1. The third-order valence-electron chi connectivity index (χ3n) is 3.13. The maximum Gasteiger partial charge on any atom is 0.266 e. The highest BCUT2D eigenvalue weighted by atomic mass is 16.5. The fourth-order valence-electron chi connectivity index (χ4n) is 2.20. The highest BCUT2D eigenvalue weighted by Gasteiger charge is 2.13. The number of nitriles is 2. The second kappa shape index (κ2) is 7.15. The molecule has 0 atom stereocenters. The van der Waals surface area contributed by atoms with E-state index in [2.05, 4.69) is 4.98 Å². The summed E-state index contributed by atoms with van der Waals surface area (Å²) >= 11 is 0. The number of rotatable bonds is 5. The van der Waals surface area contributed by atoms with Crippen LogP contribution >= 0.6 is 0 Å². The molecule has 2 rings (SSSR count). The van der Waals surface area contributed by atoms with E-state index >= 15 is 0 Å². The van der Waals surface area contributed by atoms with Crippen LogP contribution in [0.25, 0.3) is 11.1 Å². The predicted octanol–water partition coefficient (Wildman–Crippen LogP) is 2.52. The molecule has 116 valence electrons. The number of benzene rings is 1. The van der Waals surface area contributed by atoms with Gasteiger partial charge in [-0.05, 0) is 37.6 Å². The molecule has 2 aromatic rings. The van der Waals surface area contributed by atoms with Gasteiger partial charge in [-0.3, -0.25) is 4.79 Å². The van der Waals surface area contributed by atoms with Crippen molar-refractivity contribution in [2.75, 3.05) is 13.2 Å². The van der Waals surface area contributed by atoms with Crippen molar-refractivity contribution in [3.63, 3.8) is 0 Å². The Labute approximate surface area is 133 Å². The van der Waals surface area contributed by atoms with Gasteiger partial charge in [-0.1, -0.05) is 6.07 Å². The van der Waals surface area contributed by atoms with Gasteiger partial charge >= 0.3 is 0 Å². The fourth-order valence-corrected chi connectivity index (χ4v) is 2.20. The van der Waals surface area contributed by atoms with Crippen LogP contribution in [0.4, 0.5) is 0 Å². The Balaban J connectivity index is 2.57. The van der Waals surface area contributed by atoms with Crippen LogP contribution in [-0.2, 0) is 0 Å². The molecule has 1 aromatic heterocycles. The molecule has 0 amide bonds. The molecule has 0 saturated heterocycles. The standard InChI is InChI=1S/C17H15N3O3/c1-3-22-16-9-12(4-5-15(16)23-7-6-18)13-8-11(2)20-17(21)14(13)10-19/h4-5,8-9H,3,7H2,1-2H3,(H,20,21). The van der Waals surface area contributed by atoms with Gasteiger partial charge in [0, 0.05) is 11.3 Å². The van der Waals surface area contributed by atoms with Gasteiger partial charge in [0.05, 0.1) is 6.61 Å². The van der Waals surface area contributed by atoms with Crippen molar-refractivity contribution in [1.82, 2.24) is 4.98 Å². The van der Waals surface area contributed by atoms with E-state index in [1.165, 1.54) is 0 Å². The Morgan fingerprint density at radius 3 is 2.61 bits per heavy atom. The normalized spacial score (nSPS) is 9.74. The molecule has 0 aliphatic rings. The SMILES string of the molecule is CCOc1cc(-c2cc(C)[nH]c(=O)c2C#N)ccc1OCC#N. The molecule has 6 heteroatoms. The summed E-state index contributed by atoms with van der Waals surface area (Å²) in [6.07, 6.45) is 0. The van der Waals surface area contributed by atoms with E-state index in [0.29, 0.717) is 34.9 Å². The third-order valence-corrected chi connectivity index (χ3v) is 3.13. The van der Waals surface area contributed by atoms with Crippen LogP contribution in [0.2, 0.25) is 0 Å². The summed E-state index contributed by atoms with van der Waals surface area (Å²) in [4.78, 5) is 14.5. The lowest BCUT2D eigenvalue weighted by Crippen LogP contribution is -2.12. The first-order valence-electron chi connectivity index (χ1n) is 7.01. The summed E-state index contributed by atoms with van der Waals surface area (Å²) in [5.74, 6) is 0.902. The van der Waals surface area contributed by atoms with Crippen molar-refractivity contribution < 1.29 is 9.47 Å². The minimum absolute atomic E-state index is 0.0451. The number of aromatic amines is 1. The monoisotopic (exact) mass is 309 g/mol. The zero-order valence-electron chi connectivity index (χ0n) is 12.8. The van der Waals surface area contributed by atoms with E-state index in [-0.39, 0.29) is 12.2 Å². The Morgan fingerprint density at radius 2 is 1.96 bits per heavy atom. The molecule has 0 saturated carbocycles. The predicted molar refractivity (Wildman–Crippen MR) is 84.2 cm³/mol. The second-order valence-electron chi connectivity index (χ2n) is 4.72. The zero-order valence-corrected chi connectivity index (χ0v) is 12.8. The zero-order chi connectivity index (χ0) is 16.8. The summed E-state index contributed by atoms with van der Waals surface area (Å²) < 4.78 is 10.8. The van der Waals surface area contributed by atoms with Crippen molar-refractivity contribution in [2.24, 2.45) is 0 Å². The molecule has 0 aliphatic carbocycles. The number of aromatic nitrogens is 1. The largest absolute Gasteiger partial charge is 0.490 e. The quantitative estimate of drug-likeness (QED) is 0.915. The smallest absolute Gasteiger partial charge is 0.266 e. The van der Waals surface area contributed by atoms with Crippen LogP contribution < -0.4 is 15.0 Å². The topological polar surface area (TPSA) is 98.9 Å². The number of ether oxygens (including phenoxy) is 2. The molecule has 0 unspecified atom stereocenters. The number of aryl methyl sites for hydroxylation is 1. The average Bonchev–Trinajstić information content (AvgIpc) is 2.53. The first-order chi connectivity index (χ1) is 11.1. The molecule has 0 spiro atoms. The van der Waals surface area contributed by atoms with Gasteiger partial charge in [0.1, 0.15) is 17.7 Å². The Kier molecular flexibility index (Phi) is 5.01. The van der Waals surface area contributed by atoms with E-state index < -0.39 is 5.56 Å². The van der Waals surface area contributed by atoms with Crippen molar-refractivity contribution in [3.8, 4) is 34.8 Å². The van der Waals surface area contributed by atoms with Gasteiger partial charge < -0.3 is 14.5 Å². The highest BCUT2D eigenvalue weighted by Crippen LogP contribution is 2.33. The van der Waals surface area contributed by atoms with Crippen molar-refractivity contribution in [1.29, 1.82) is 10.5 Å². The van der Waals surface area contributed by atoms with Gasteiger partial charge in [-0.2, -0.15) is 10.5 Å².